The highest BCUT2D eigenvalue weighted by Crippen LogP contribution is 2.29. The highest BCUT2D eigenvalue weighted by atomic mass is 32.2. The third-order valence-electron chi connectivity index (χ3n) is 5.40. The maximum absolute atomic E-state index is 13.0. The molecule has 0 radical (unpaired) electrons. The molecule has 9 heteroatoms. The quantitative estimate of drug-likeness (QED) is 0.0971. The third-order valence-corrected chi connectivity index (χ3v) is 6.23. The van der Waals surface area contributed by atoms with Crippen molar-refractivity contribution in [3.05, 3.63) is 96.1 Å². The molecule has 5 rings (SSSR count). The molecule has 0 aliphatic rings. The second-order valence-corrected chi connectivity index (χ2v) is 8.78. The van der Waals surface area contributed by atoms with Crippen molar-refractivity contribution >= 4 is 51.7 Å². The number of benzene rings is 4. The number of methoxy groups -OCH3 is 1. The van der Waals surface area contributed by atoms with Crippen LogP contribution in [0.5, 0.6) is 11.5 Å². The van der Waals surface area contributed by atoms with Crippen LogP contribution in [-0.2, 0) is 4.79 Å². The van der Waals surface area contributed by atoms with Crippen LogP contribution >= 0.6 is 11.8 Å². The van der Waals surface area contributed by atoms with Crippen LogP contribution in [0.2, 0.25) is 0 Å². The number of hydrogen-bond donors (Lipinski definition) is 1. The number of oxazole rings is 1. The Labute approximate surface area is 216 Å². The Morgan fingerprint density at radius 2 is 1.81 bits per heavy atom. The lowest BCUT2D eigenvalue weighted by Crippen LogP contribution is -2.19. The van der Waals surface area contributed by atoms with E-state index in [9.17, 15) is 9.59 Å². The number of hydrogen-bond acceptors (Lipinski definition) is 8. The minimum atomic E-state index is -0.506. The Balaban J connectivity index is 1.23. The molecule has 0 aliphatic carbocycles. The minimum Gasteiger partial charge on any atom is -0.493 e. The summed E-state index contributed by atoms with van der Waals surface area (Å²) in [5.74, 6) is -0.110. The Morgan fingerprint density at radius 1 is 1.00 bits per heavy atom. The molecule has 37 heavy (non-hydrogen) atoms. The Bertz CT molecular complexity index is 1590. The first-order valence-corrected chi connectivity index (χ1v) is 12.3. The molecule has 0 fully saturated rings. The smallest absolute Gasteiger partial charge is 0.344 e. The van der Waals surface area contributed by atoms with Crippen molar-refractivity contribution in [2.24, 2.45) is 5.10 Å². The van der Waals surface area contributed by atoms with E-state index in [2.05, 4.69) is 15.5 Å². The number of hydrazone groups is 1. The van der Waals surface area contributed by atoms with Gasteiger partial charge in [-0.25, -0.2) is 15.2 Å². The van der Waals surface area contributed by atoms with Gasteiger partial charge in [0.15, 0.2) is 17.1 Å². The molecule has 0 saturated heterocycles. The molecule has 1 amide bonds. The molecule has 0 unspecified atom stereocenters. The zero-order valence-electron chi connectivity index (χ0n) is 19.7. The van der Waals surface area contributed by atoms with Crippen LogP contribution in [0.15, 0.2) is 99.7 Å². The topological polar surface area (TPSA) is 103 Å². The van der Waals surface area contributed by atoms with E-state index >= 15 is 0 Å². The SMILES string of the molecule is COc1ccc(/C=N\NC(=O)CSc2nc3ccccc3o2)cc1OC(=O)c1cccc2ccccc12. The second-order valence-electron chi connectivity index (χ2n) is 7.86. The molecule has 4 aromatic carbocycles. The van der Waals surface area contributed by atoms with Gasteiger partial charge in [0.05, 0.1) is 24.6 Å². The number of thioether (sulfide) groups is 1. The standard InChI is InChI=1S/C28H21N3O5S/c1-34-24-14-13-18(15-25(24)35-27(33)21-10-6-8-19-7-2-3-9-20(19)21)16-29-31-26(32)17-37-28-30-22-11-4-5-12-23(22)36-28/h2-16H,17H2,1H3,(H,31,32)/b29-16-. The van der Waals surface area contributed by atoms with Crippen LogP contribution in [0.3, 0.4) is 0 Å². The summed E-state index contributed by atoms with van der Waals surface area (Å²) in [6, 6.07) is 25.5. The summed E-state index contributed by atoms with van der Waals surface area (Å²) in [6.07, 6.45) is 1.46. The van der Waals surface area contributed by atoms with E-state index in [1.165, 1.54) is 25.1 Å². The summed E-state index contributed by atoms with van der Waals surface area (Å²) in [5.41, 5.74) is 4.93. The zero-order chi connectivity index (χ0) is 25.6. The zero-order valence-corrected chi connectivity index (χ0v) is 20.5. The van der Waals surface area contributed by atoms with Crippen molar-refractivity contribution in [2.75, 3.05) is 12.9 Å². The van der Waals surface area contributed by atoms with Gasteiger partial charge in [-0.3, -0.25) is 4.79 Å². The molecule has 1 heterocycles. The van der Waals surface area contributed by atoms with Gasteiger partial charge in [-0.05, 0) is 52.7 Å². The number of fused-ring (bicyclic) bond motifs is 2. The second kappa shape index (κ2) is 11.0. The number of rotatable bonds is 8. The van der Waals surface area contributed by atoms with Crippen molar-refractivity contribution in [1.82, 2.24) is 10.4 Å². The fourth-order valence-electron chi connectivity index (χ4n) is 3.66. The molecular formula is C28H21N3O5S. The maximum atomic E-state index is 13.0. The van der Waals surface area contributed by atoms with Crippen LogP contribution in [-0.4, -0.2) is 35.9 Å². The highest BCUT2D eigenvalue weighted by molar-refractivity contribution is 7.99. The molecule has 0 saturated carbocycles. The normalized spacial score (nSPS) is 11.2. The van der Waals surface area contributed by atoms with Gasteiger partial charge in [0.2, 0.25) is 0 Å². The number of ether oxygens (including phenoxy) is 2. The lowest BCUT2D eigenvalue weighted by Gasteiger charge is -2.11. The van der Waals surface area contributed by atoms with Crippen molar-refractivity contribution < 1.29 is 23.5 Å². The average molecular weight is 512 g/mol. The number of nitrogens with zero attached hydrogens (tertiary/aromatic N) is 2. The summed E-state index contributed by atoms with van der Waals surface area (Å²) in [7, 11) is 1.49. The van der Waals surface area contributed by atoms with Crippen LogP contribution in [0.1, 0.15) is 15.9 Å². The first-order chi connectivity index (χ1) is 18.1. The number of para-hydroxylation sites is 2. The fraction of sp³-hybridized carbons (Fsp3) is 0.0714. The van der Waals surface area contributed by atoms with Gasteiger partial charge in [-0.2, -0.15) is 5.10 Å². The Morgan fingerprint density at radius 3 is 2.68 bits per heavy atom. The van der Waals surface area contributed by atoms with Crippen LogP contribution in [0.25, 0.3) is 21.9 Å². The van der Waals surface area contributed by atoms with Gasteiger partial charge in [-0.1, -0.05) is 60.3 Å². The van der Waals surface area contributed by atoms with Gasteiger partial charge >= 0.3 is 5.97 Å². The summed E-state index contributed by atoms with van der Waals surface area (Å²) >= 11 is 1.18. The predicted octanol–water partition coefficient (Wildman–Crippen LogP) is 5.45. The van der Waals surface area contributed by atoms with E-state index < -0.39 is 5.97 Å². The molecule has 1 aromatic heterocycles. The van der Waals surface area contributed by atoms with E-state index in [0.717, 1.165) is 16.3 Å². The van der Waals surface area contributed by atoms with Crippen LogP contribution in [0, 0.1) is 0 Å². The third kappa shape index (κ3) is 5.62. The monoisotopic (exact) mass is 511 g/mol. The molecular weight excluding hydrogens is 490 g/mol. The number of aromatic nitrogens is 1. The number of esters is 1. The van der Waals surface area contributed by atoms with E-state index in [4.69, 9.17) is 13.9 Å². The summed E-state index contributed by atoms with van der Waals surface area (Å²) in [5, 5.41) is 6.15. The summed E-state index contributed by atoms with van der Waals surface area (Å²) < 4.78 is 16.6. The lowest BCUT2D eigenvalue weighted by molar-refractivity contribution is -0.118. The number of carbonyl (C=O) groups excluding carboxylic acids is 2. The lowest BCUT2D eigenvalue weighted by atomic mass is 10.0. The Hall–Kier alpha value is -4.63. The predicted molar refractivity (Wildman–Crippen MR) is 142 cm³/mol. The number of nitrogens with one attached hydrogen (secondary N) is 1. The van der Waals surface area contributed by atoms with Gasteiger partial charge in [0.1, 0.15) is 5.52 Å². The number of carbonyl (C=O) groups is 2. The molecule has 0 spiro atoms. The van der Waals surface area contributed by atoms with Crippen molar-refractivity contribution in [2.45, 2.75) is 5.22 Å². The van der Waals surface area contributed by atoms with Gasteiger partial charge in [0.25, 0.3) is 11.1 Å². The Kier molecular flexibility index (Phi) is 7.14. The molecule has 5 aromatic rings. The van der Waals surface area contributed by atoms with Gasteiger partial charge in [-0.15, -0.1) is 0 Å². The molecule has 8 nitrogen and oxygen atoms in total. The van der Waals surface area contributed by atoms with Crippen LogP contribution in [0.4, 0.5) is 0 Å². The van der Waals surface area contributed by atoms with E-state index in [1.54, 1.807) is 24.3 Å². The van der Waals surface area contributed by atoms with Gasteiger partial charge < -0.3 is 13.9 Å². The first-order valence-electron chi connectivity index (χ1n) is 11.3. The van der Waals surface area contributed by atoms with Gasteiger partial charge in [0, 0.05) is 0 Å². The largest absolute Gasteiger partial charge is 0.493 e. The molecule has 0 aliphatic heterocycles. The minimum absolute atomic E-state index is 0.0840. The van der Waals surface area contributed by atoms with Crippen molar-refractivity contribution in [3.63, 3.8) is 0 Å². The molecule has 0 bridgehead atoms. The fourth-order valence-corrected chi connectivity index (χ4v) is 4.29. The molecule has 1 N–H and O–H groups in total. The number of amides is 1. The van der Waals surface area contributed by atoms with Crippen LogP contribution < -0.4 is 14.9 Å². The van der Waals surface area contributed by atoms with Crippen molar-refractivity contribution in [3.8, 4) is 11.5 Å². The first kappa shape index (κ1) is 24.1. The average Bonchev–Trinajstić information content (AvgIpc) is 3.35. The summed E-state index contributed by atoms with van der Waals surface area (Å²) in [4.78, 5) is 29.5. The van der Waals surface area contributed by atoms with E-state index in [-0.39, 0.29) is 17.4 Å². The maximum Gasteiger partial charge on any atom is 0.344 e. The summed E-state index contributed by atoms with van der Waals surface area (Å²) in [6.45, 7) is 0. The van der Waals surface area contributed by atoms with E-state index in [1.807, 2.05) is 60.7 Å². The highest BCUT2D eigenvalue weighted by Gasteiger charge is 2.15. The molecule has 184 valence electrons. The van der Waals surface area contributed by atoms with E-state index in [0.29, 0.717) is 27.7 Å². The van der Waals surface area contributed by atoms with Crippen molar-refractivity contribution in [1.29, 1.82) is 0 Å². The molecule has 0 atom stereocenters.